The van der Waals surface area contributed by atoms with Gasteiger partial charge in [0.05, 0.1) is 24.1 Å². The largest absolute Gasteiger partial charge is 0.459 e. The molecule has 48 heavy (non-hydrogen) atoms. The number of nitriles is 1. The van der Waals surface area contributed by atoms with Crippen LogP contribution >= 0.6 is 0 Å². The summed E-state index contributed by atoms with van der Waals surface area (Å²) in [6.07, 6.45) is 7.94. The summed E-state index contributed by atoms with van der Waals surface area (Å²) in [4.78, 5) is 58.1. The van der Waals surface area contributed by atoms with Gasteiger partial charge in [0.2, 0.25) is 5.91 Å². The fourth-order valence-corrected chi connectivity index (χ4v) is 7.94. The summed E-state index contributed by atoms with van der Waals surface area (Å²) in [6, 6.07) is 13.1. The molecule has 2 fully saturated rings. The first-order chi connectivity index (χ1) is 23.3. The lowest BCUT2D eigenvalue weighted by Gasteiger charge is -2.37. The van der Waals surface area contributed by atoms with E-state index in [4.69, 9.17) is 4.52 Å². The topological polar surface area (TPSA) is 162 Å². The molecule has 0 bridgehead atoms. The van der Waals surface area contributed by atoms with Crippen LogP contribution in [0.15, 0.2) is 45.7 Å². The third kappa shape index (κ3) is 6.15. The lowest BCUT2D eigenvalue weighted by atomic mass is 9.68. The van der Waals surface area contributed by atoms with E-state index < -0.39 is 17.2 Å². The van der Waals surface area contributed by atoms with E-state index in [9.17, 15) is 24.4 Å². The molecule has 3 N–H and O–H groups in total. The minimum atomic E-state index is -1.02. The normalized spacial score (nSPS) is 18.7. The Labute approximate surface area is 279 Å². The lowest BCUT2D eigenvalue weighted by Crippen LogP contribution is -2.43. The Morgan fingerprint density at radius 2 is 1.56 bits per heavy atom. The number of hydrogen-bond acceptors (Lipinski definition) is 8. The number of aryl methyl sites for hydroxylation is 2. The van der Waals surface area contributed by atoms with Crippen molar-refractivity contribution in [3.05, 3.63) is 86.2 Å². The standard InChI is InChI=1S/C36H43N7O5/c1-38-32(45)25-12-14-29-23(19-25)10-11-24-20-26(33(46)39-2)13-15-30(24)36(29,16-17-40-22-31(44)42-18-6-9-28(42)21-37)34-41-35(47)48-43(34)27-7-4-3-5-8-27/h12-15,19-20,27-28,40H,3-11,16-18,22H2,1-2H3,(H,38,45)(H,39,46). The maximum atomic E-state index is 13.2. The van der Waals surface area contributed by atoms with Crippen molar-refractivity contribution in [2.75, 3.05) is 33.7 Å². The summed E-state index contributed by atoms with van der Waals surface area (Å²) in [6.45, 7) is 1.00. The summed E-state index contributed by atoms with van der Waals surface area (Å²) in [5, 5.41) is 18.3. The van der Waals surface area contributed by atoms with Gasteiger partial charge in [0.25, 0.3) is 11.8 Å². The van der Waals surface area contributed by atoms with Crippen LogP contribution in [-0.2, 0) is 23.1 Å². The first kappa shape index (κ1) is 33.2. The van der Waals surface area contributed by atoms with Crippen LogP contribution in [-0.4, -0.2) is 72.1 Å². The molecular formula is C36H43N7O5. The van der Waals surface area contributed by atoms with Crippen LogP contribution in [0.1, 0.15) is 106 Å². The first-order valence-corrected chi connectivity index (χ1v) is 17.0. The van der Waals surface area contributed by atoms with Gasteiger partial charge in [-0.25, -0.2) is 4.79 Å². The summed E-state index contributed by atoms with van der Waals surface area (Å²) in [7, 11) is 3.20. The third-order valence-corrected chi connectivity index (χ3v) is 10.3. The van der Waals surface area contributed by atoms with Crippen LogP contribution in [0.2, 0.25) is 0 Å². The van der Waals surface area contributed by atoms with Gasteiger partial charge in [0.15, 0.2) is 5.82 Å². The highest BCUT2D eigenvalue weighted by Crippen LogP contribution is 2.48. The molecule has 2 aromatic carbocycles. The van der Waals surface area contributed by atoms with Crippen molar-refractivity contribution in [2.45, 2.75) is 81.7 Å². The molecule has 1 unspecified atom stereocenters. The van der Waals surface area contributed by atoms with Crippen LogP contribution in [0.5, 0.6) is 0 Å². The molecule has 3 amide bonds. The molecular weight excluding hydrogens is 610 g/mol. The second-order valence-electron chi connectivity index (χ2n) is 13.0. The highest BCUT2D eigenvalue weighted by molar-refractivity contribution is 5.95. The zero-order valence-electron chi connectivity index (χ0n) is 27.6. The molecule has 0 spiro atoms. The monoisotopic (exact) mass is 653 g/mol. The van der Waals surface area contributed by atoms with Crippen molar-refractivity contribution in [1.29, 1.82) is 5.26 Å². The summed E-state index contributed by atoms with van der Waals surface area (Å²) < 4.78 is 7.64. The Kier molecular flexibility index (Phi) is 9.78. The molecule has 3 aliphatic rings. The van der Waals surface area contributed by atoms with Gasteiger partial charge >= 0.3 is 5.76 Å². The third-order valence-electron chi connectivity index (χ3n) is 10.3. The number of carbonyl (C=O) groups excluding carboxylic acids is 3. The Morgan fingerprint density at radius 3 is 2.15 bits per heavy atom. The molecule has 6 rings (SSSR count). The van der Waals surface area contributed by atoms with Gasteiger partial charge in [-0.15, -0.1) is 0 Å². The van der Waals surface area contributed by atoms with Crippen molar-refractivity contribution in [3.8, 4) is 6.07 Å². The van der Waals surface area contributed by atoms with Crippen molar-refractivity contribution < 1.29 is 18.9 Å². The average molecular weight is 654 g/mol. The van der Waals surface area contributed by atoms with E-state index in [0.29, 0.717) is 55.7 Å². The Morgan fingerprint density at radius 1 is 0.938 bits per heavy atom. The molecule has 1 aliphatic heterocycles. The number of fused-ring (bicyclic) bond motifs is 2. The molecule has 1 saturated heterocycles. The number of benzene rings is 2. The number of carbonyl (C=O) groups is 3. The van der Waals surface area contributed by atoms with Crippen molar-refractivity contribution in [3.63, 3.8) is 0 Å². The predicted octanol–water partition coefficient (Wildman–Crippen LogP) is 2.99. The van der Waals surface area contributed by atoms with E-state index in [2.05, 4.69) is 27.0 Å². The Bertz CT molecular complexity index is 1730. The molecule has 2 heterocycles. The number of likely N-dealkylation sites (tertiary alicyclic amines) is 1. The highest BCUT2D eigenvalue weighted by atomic mass is 16.5. The van der Waals surface area contributed by atoms with Gasteiger partial charge < -0.3 is 25.4 Å². The van der Waals surface area contributed by atoms with E-state index >= 15 is 0 Å². The van der Waals surface area contributed by atoms with E-state index in [-0.39, 0.29) is 30.3 Å². The van der Waals surface area contributed by atoms with Gasteiger partial charge in [-0.3, -0.25) is 14.4 Å². The predicted molar refractivity (Wildman–Crippen MR) is 178 cm³/mol. The van der Waals surface area contributed by atoms with Crippen LogP contribution in [0.4, 0.5) is 0 Å². The van der Waals surface area contributed by atoms with Crippen LogP contribution in [0.3, 0.4) is 0 Å². The molecule has 1 saturated carbocycles. The van der Waals surface area contributed by atoms with Crippen LogP contribution in [0.25, 0.3) is 0 Å². The SMILES string of the molecule is CNC(=O)c1ccc2c(c1)CCc1cc(C(=O)NC)ccc1C2(CCNCC(=O)N1CCCC1C#N)c1nc(=O)on1C1CCCCC1. The number of amides is 3. The number of hydrogen-bond donors (Lipinski definition) is 3. The molecule has 0 radical (unpaired) electrons. The van der Waals surface area contributed by atoms with E-state index in [1.807, 2.05) is 24.3 Å². The Hall–Kier alpha value is -4.76. The molecule has 252 valence electrons. The van der Waals surface area contributed by atoms with Gasteiger partial charge in [-0.2, -0.15) is 15.0 Å². The van der Waals surface area contributed by atoms with E-state index in [0.717, 1.165) is 60.8 Å². The second kappa shape index (κ2) is 14.2. The molecule has 12 heteroatoms. The number of aromatic nitrogens is 2. The minimum absolute atomic E-state index is 0.0427. The Balaban J connectivity index is 1.50. The summed E-state index contributed by atoms with van der Waals surface area (Å²) in [5.41, 5.74) is 3.69. The van der Waals surface area contributed by atoms with Crippen molar-refractivity contribution in [2.24, 2.45) is 0 Å². The number of rotatable bonds is 9. The minimum Gasteiger partial charge on any atom is -0.355 e. The number of nitrogens with one attached hydrogen (secondary N) is 3. The number of nitrogens with zero attached hydrogens (tertiary/aromatic N) is 4. The zero-order chi connectivity index (χ0) is 33.8. The van der Waals surface area contributed by atoms with Crippen LogP contribution in [0, 0.1) is 11.3 Å². The molecule has 12 nitrogen and oxygen atoms in total. The van der Waals surface area contributed by atoms with Crippen molar-refractivity contribution >= 4 is 17.7 Å². The second-order valence-corrected chi connectivity index (χ2v) is 13.0. The zero-order valence-corrected chi connectivity index (χ0v) is 27.6. The first-order valence-electron chi connectivity index (χ1n) is 17.0. The smallest absolute Gasteiger partial charge is 0.355 e. The van der Waals surface area contributed by atoms with Gasteiger partial charge in [-0.05, 0) is 98.0 Å². The maximum Gasteiger partial charge on any atom is 0.459 e. The average Bonchev–Trinajstić information content (AvgIpc) is 3.74. The summed E-state index contributed by atoms with van der Waals surface area (Å²) in [5.74, 6) is -0.719. The lowest BCUT2D eigenvalue weighted by molar-refractivity contribution is -0.130. The molecule has 3 aromatic rings. The molecule has 2 aliphatic carbocycles. The van der Waals surface area contributed by atoms with Crippen LogP contribution < -0.4 is 21.7 Å². The fraction of sp³-hybridized carbons (Fsp3) is 0.500. The van der Waals surface area contributed by atoms with Gasteiger partial charge in [-0.1, -0.05) is 31.4 Å². The van der Waals surface area contributed by atoms with Gasteiger partial charge in [0.1, 0.15) is 6.04 Å². The van der Waals surface area contributed by atoms with Gasteiger partial charge in [0, 0.05) is 31.8 Å². The molecule has 1 atom stereocenters. The quantitative estimate of drug-likeness (QED) is 0.297. The highest BCUT2D eigenvalue weighted by Gasteiger charge is 2.46. The maximum absolute atomic E-state index is 13.2. The van der Waals surface area contributed by atoms with Crippen molar-refractivity contribution in [1.82, 2.24) is 30.6 Å². The van der Waals surface area contributed by atoms with E-state index in [1.165, 1.54) is 0 Å². The fourth-order valence-electron chi connectivity index (χ4n) is 7.94. The van der Waals surface area contributed by atoms with E-state index in [1.54, 1.807) is 35.9 Å². The molecule has 1 aromatic heterocycles. The summed E-state index contributed by atoms with van der Waals surface area (Å²) >= 11 is 0.